The normalized spacial score (nSPS) is 10.6. The Morgan fingerprint density at radius 1 is 1.30 bits per heavy atom. The van der Waals surface area contributed by atoms with Gasteiger partial charge in [-0.2, -0.15) is 10.4 Å². The van der Waals surface area contributed by atoms with Crippen LogP contribution in [0.15, 0.2) is 36.5 Å². The smallest absolute Gasteiger partial charge is 0.0968 e. The standard InChI is InChI=1S/C18H24N4O/c1-2-23-13-7-11-20-14-17-15-22(12-6-10-19)21-18(17)16-8-4-3-5-9-16/h3-5,8-9,15,20H,2,6-7,11-14H2,1H3. The molecular formula is C18H24N4O. The highest BCUT2D eigenvalue weighted by atomic mass is 16.5. The molecule has 0 fully saturated rings. The molecule has 0 saturated heterocycles. The summed E-state index contributed by atoms with van der Waals surface area (Å²) in [6.45, 7) is 5.87. The third kappa shape index (κ3) is 5.51. The van der Waals surface area contributed by atoms with Gasteiger partial charge in [0.2, 0.25) is 0 Å². The molecule has 0 spiro atoms. The molecule has 0 aliphatic rings. The Morgan fingerprint density at radius 2 is 2.13 bits per heavy atom. The molecule has 1 aromatic heterocycles. The van der Waals surface area contributed by atoms with Crippen LogP contribution in [0.4, 0.5) is 0 Å². The molecule has 2 aromatic rings. The number of hydrogen-bond donors (Lipinski definition) is 1. The van der Waals surface area contributed by atoms with E-state index in [0.717, 1.165) is 49.5 Å². The summed E-state index contributed by atoms with van der Waals surface area (Å²) in [4.78, 5) is 0. The van der Waals surface area contributed by atoms with E-state index in [1.54, 1.807) is 0 Å². The van der Waals surface area contributed by atoms with Crippen molar-refractivity contribution < 1.29 is 4.74 Å². The lowest BCUT2D eigenvalue weighted by molar-refractivity contribution is 0.144. The summed E-state index contributed by atoms with van der Waals surface area (Å²) in [7, 11) is 0. The number of rotatable bonds is 10. The molecule has 5 nitrogen and oxygen atoms in total. The number of ether oxygens (including phenoxy) is 1. The number of nitrogens with one attached hydrogen (secondary N) is 1. The Morgan fingerprint density at radius 3 is 2.87 bits per heavy atom. The Labute approximate surface area is 137 Å². The van der Waals surface area contributed by atoms with Crippen LogP contribution in [-0.4, -0.2) is 29.5 Å². The third-order valence-electron chi connectivity index (χ3n) is 3.50. The van der Waals surface area contributed by atoms with Crippen LogP contribution in [0.5, 0.6) is 0 Å². The van der Waals surface area contributed by atoms with E-state index in [0.29, 0.717) is 13.0 Å². The average molecular weight is 312 g/mol. The first-order valence-corrected chi connectivity index (χ1v) is 8.12. The topological polar surface area (TPSA) is 62.9 Å². The molecule has 1 heterocycles. The molecule has 0 bridgehead atoms. The third-order valence-corrected chi connectivity index (χ3v) is 3.50. The van der Waals surface area contributed by atoms with E-state index in [4.69, 9.17) is 10.00 Å². The van der Waals surface area contributed by atoms with E-state index in [1.165, 1.54) is 0 Å². The van der Waals surface area contributed by atoms with Gasteiger partial charge < -0.3 is 10.1 Å². The molecule has 1 aromatic carbocycles. The highest BCUT2D eigenvalue weighted by Gasteiger charge is 2.10. The van der Waals surface area contributed by atoms with Crippen molar-refractivity contribution in [2.24, 2.45) is 0 Å². The van der Waals surface area contributed by atoms with Gasteiger partial charge in [0, 0.05) is 37.1 Å². The molecule has 0 atom stereocenters. The summed E-state index contributed by atoms with van der Waals surface area (Å²) in [5.74, 6) is 0. The van der Waals surface area contributed by atoms with Crippen LogP contribution in [0.3, 0.4) is 0 Å². The van der Waals surface area contributed by atoms with Crippen molar-refractivity contribution in [3.8, 4) is 17.3 Å². The molecule has 2 rings (SSSR count). The molecule has 0 aliphatic carbocycles. The van der Waals surface area contributed by atoms with Gasteiger partial charge in [-0.25, -0.2) is 0 Å². The molecule has 5 heteroatoms. The maximum Gasteiger partial charge on any atom is 0.0968 e. The van der Waals surface area contributed by atoms with Gasteiger partial charge >= 0.3 is 0 Å². The SMILES string of the molecule is CCOCCCNCc1cn(CCC#N)nc1-c1ccccc1. The Balaban J connectivity index is 2.01. The zero-order chi connectivity index (χ0) is 16.3. The summed E-state index contributed by atoms with van der Waals surface area (Å²) in [6, 6.07) is 12.3. The van der Waals surface area contributed by atoms with E-state index in [1.807, 2.05) is 36.0 Å². The highest BCUT2D eigenvalue weighted by Crippen LogP contribution is 2.21. The Kier molecular flexibility index (Phi) is 7.31. The second-order valence-electron chi connectivity index (χ2n) is 5.27. The number of benzene rings is 1. The minimum atomic E-state index is 0.469. The number of aromatic nitrogens is 2. The lowest BCUT2D eigenvalue weighted by Crippen LogP contribution is -2.16. The van der Waals surface area contributed by atoms with Gasteiger partial charge in [0.05, 0.1) is 24.7 Å². The first-order chi connectivity index (χ1) is 11.3. The first-order valence-electron chi connectivity index (χ1n) is 8.12. The highest BCUT2D eigenvalue weighted by molar-refractivity contribution is 5.62. The van der Waals surface area contributed by atoms with E-state index < -0.39 is 0 Å². The van der Waals surface area contributed by atoms with E-state index in [-0.39, 0.29) is 0 Å². The van der Waals surface area contributed by atoms with Gasteiger partial charge in [0.1, 0.15) is 0 Å². The Hall–Kier alpha value is -2.16. The molecule has 0 aliphatic heterocycles. The van der Waals surface area contributed by atoms with Crippen LogP contribution in [-0.2, 0) is 17.8 Å². The predicted octanol–water partition coefficient (Wildman–Crippen LogP) is 2.98. The number of hydrogen-bond acceptors (Lipinski definition) is 4. The van der Waals surface area contributed by atoms with Gasteiger partial charge in [-0.3, -0.25) is 4.68 Å². The van der Waals surface area contributed by atoms with Gasteiger partial charge in [-0.15, -0.1) is 0 Å². The zero-order valence-electron chi connectivity index (χ0n) is 13.7. The Bertz CT molecular complexity index is 616. The molecule has 1 N–H and O–H groups in total. The van der Waals surface area contributed by atoms with Crippen LogP contribution in [0.25, 0.3) is 11.3 Å². The maximum atomic E-state index is 8.75. The minimum absolute atomic E-state index is 0.469. The second-order valence-corrected chi connectivity index (χ2v) is 5.27. The first kappa shape index (κ1) is 17.2. The van der Waals surface area contributed by atoms with Crippen LogP contribution in [0.1, 0.15) is 25.3 Å². The van der Waals surface area contributed by atoms with Crippen LogP contribution in [0, 0.1) is 11.3 Å². The minimum Gasteiger partial charge on any atom is -0.382 e. The van der Waals surface area contributed by atoms with Crippen molar-refractivity contribution in [3.05, 3.63) is 42.1 Å². The molecule has 0 saturated carbocycles. The molecule has 122 valence electrons. The van der Waals surface area contributed by atoms with E-state index in [2.05, 4.69) is 28.6 Å². The molecule has 0 amide bonds. The van der Waals surface area contributed by atoms with Crippen molar-refractivity contribution >= 4 is 0 Å². The lowest BCUT2D eigenvalue weighted by Gasteiger charge is -2.05. The summed E-state index contributed by atoms with van der Waals surface area (Å²) in [5, 5.41) is 16.8. The molecule has 23 heavy (non-hydrogen) atoms. The molecule has 0 unspecified atom stereocenters. The van der Waals surface area contributed by atoms with Gasteiger partial charge in [-0.1, -0.05) is 30.3 Å². The number of nitrogens with zero attached hydrogens (tertiary/aromatic N) is 3. The summed E-state index contributed by atoms with van der Waals surface area (Å²) >= 11 is 0. The van der Waals surface area contributed by atoms with Crippen molar-refractivity contribution in [1.29, 1.82) is 5.26 Å². The number of nitriles is 1. The van der Waals surface area contributed by atoms with Crippen molar-refractivity contribution in [2.45, 2.75) is 32.9 Å². The second kappa shape index (κ2) is 9.78. The fourth-order valence-corrected chi connectivity index (χ4v) is 2.38. The van der Waals surface area contributed by atoms with Crippen molar-refractivity contribution in [2.75, 3.05) is 19.8 Å². The van der Waals surface area contributed by atoms with Gasteiger partial charge in [0.15, 0.2) is 0 Å². The predicted molar refractivity (Wildman–Crippen MR) is 90.7 cm³/mol. The quantitative estimate of drug-likeness (QED) is 0.685. The van der Waals surface area contributed by atoms with Crippen molar-refractivity contribution in [3.63, 3.8) is 0 Å². The summed E-state index contributed by atoms with van der Waals surface area (Å²) in [6.07, 6.45) is 3.50. The fourth-order valence-electron chi connectivity index (χ4n) is 2.38. The van der Waals surface area contributed by atoms with Crippen molar-refractivity contribution in [1.82, 2.24) is 15.1 Å². The number of aryl methyl sites for hydroxylation is 1. The average Bonchev–Trinajstić information content (AvgIpc) is 3.00. The monoisotopic (exact) mass is 312 g/mol. The zero-order valence-corrected chi connectivity index (χ0v) is 13.7. The van der Waals surface area contributed by atoms with Crippen LogP contribution < -0.4 is 5.32 Å². The largest absolute Gasteiger partial charge is 0.382 e. The summed E-state index contributed by atoms with van der Waals surface area (Å²) in [5.41, 5.74) is 3.25. The van der Waals surface area contributed by atoms with Gasteiger partial charge in [0.25, 0.3) is 0 Å². The van der Waals surface area contributed by atoms with Crippen LogP contribution in [0.2, 0.25) is 0 Å². The van der Waals surface area contributed by atoms with E-state index >= 15 is 0 Å². The van der Waals surface area contributed by atoms with Gasteiger partial charge in [-0.05, 0) is 19.9 Å². The summed E-state index contributed by atoms with van der Waals surface area (Å²) < 4.78 is 7.20. The van der Waals surface area contributed by atoms with Crippen LogP contribution >= 0.6 is 0 Å². The lowest BCUT2D eigenvalue weighted by atomic mass is 10.1. The maximum absolute atomic E-state index is 8.75. The fraction of sp³-hybridized carbons (Fsp3) is 0.444. The molecular weight excluding hydrogens is 288 g/mol. The molecule has 0 radical (unpaired) electrons. The van der Waals surface area contributed by atoms with E-state index in [9.17, 15) is 0 Å².